The van der Waals surface area contributed by atoms with Gasteiger partial charge in [0.15, 0.2) is 0 Å². The number of nitrogens with one attached hydrogen (secondary N) is 1. The zero-order valence-electron chi connectivity index (χ0n) is 13.5. The molecule has 1 aliphatic carbocycles. The molecule has 0 radical (unpaired) electrons. The van der Waals surface area contributed by atoms with Crippen molar-refractivity contribution in [1.29, 1.82) is 0 Å². The molecule has 114 valence electrons. The molecule has 1 atom stereocenters. The summed E-state index contributed by atoms with van der Waals surface area (Å²) in [6.07, 6.45) is 6.72. The van der Waals surface area contributed by atoms with Crippen LogP contribution in [0.15, 0.2) is 24.3 Å². The van der Waals surface area contributed by atoms with Gasteiger partial charge in [-0.2, -0.15) is 0 Å². The van der Waals surface area contributed by atoms with Gasteiger partial charge in [-0.3, -0.25) is 0 Å². The Labute approximate surface area is 127 Å². The molecule has 1 heterocycles. The van der Waals surface area contributed by atoms with Crippen LogP contribution in [0.5, 0.6) is 0 Å². The van der Waals surface area contributed by atoms with Crippen molar-refractivity contribution < 1.29 is 0 Å². The molecule has 1 N–H and O–H groups in total. The molecule has 0 spiro atoms. The maximum Gasteiger partial charge on any atom is 0.126 e. The van der Waals surface area contributed by atoms with Gasteiger partial charge < -0.3 is 9.88 Å². The third kappa shape index (κ3) is 2.98. The summed E-state index contributed by atoms with van der Waals surface area (Å²) >= 11 is 0. The summed E-state index contributed by atoms with van der Waals surface area (Å²) in [6.45, 7) is 4.56. The van der Waals surface area contributed by atoms with Crippen LogP contribution in [-0.2, 0) is 7.05 Å². The van der Waals surface area contributed by atoms with Crippen LogP contribution in [0.2, 0.25) is 0 Å². The first-order valence-electron chi connectivity index (χ1n) is 8.36. The normalized spacial score (nSPS) is 24.3. The van der Waals surface area contributed by atoms with Crippen molar-refractivity contribution in [2.75, 3.05) is 0 Å². The van der Waals surface area contributed by atoms with Crippen molar-refractivity contribution >= 4 is 11.0 Å². The molecular weight excluding hydrogens is 258 g/mol. The second-order valence-electron chi connectivity index (χ2n) is 6.53. The summed E-state index contributed by atoms with van der Waals surface area (Å²) in [5.41, 5.74) is 2.31. The minimum absolute atomic E-state index is 0.311. The number of fused-ring (bicyclic) bond motifs is 1. The number of imidazole rings is 1. The van der Waals surface area contributed by atoms with Gasteiger partial charge in [0.25, 0.3) is 0 Å². The van der Waals surface area contributed by atoms with Crippen LogP contribution in [0.4, 0.5) is 0 Å². The first kappa shape index (κ1) is 14.6. The minimum atomic E-state index is 0.311. The van der Waals surface area contributed by atoms with E-state index in [9.17, 15) is 0 Å². The van der Waals surface area contributed by atoms with Gasteiger partial charge in [0.2, 0.25) is 0 Å². The molecule has 1 aromatic carbocycles. The van der Waals surface area contributed by atoms with E-state index in [1.165, 1.54) is 37.6 Å². The first-order chi connectivity index (χ1) is 10.2. The zero-order valence-corrected chi connectivity index (χ0v) is 13.5. The highest BCUT2D eigenvalue weighted by atomic mass is 15.1. The molecule has 0 saturated heterocycles. The zero-order chi connectivity index (χ0) is 14.8. The number of hydrogen-bond acceptors (Lipinski definition) is 2. The molecule has 1 aromatic heterocycles. The molecule has 3 rings (SSSR count). The van der Waals surface area contributed by atoms with Crippen molar-refractivity contribution in [3.05, 3.63) is 30.1 Å². The van der Waals surface area contributed by atoms with Gasteiger partial charge in [-0.05, 0) is 50.7 Å². The van der Waals surface area contributed by atoms with Gasteiger partial charge >= 0.3 is 0 Å². The van der Waals surface area contributed by atoms with E-state index < -0.39 is 0 Å². The van der Waals surface area contributed by atoms with Crippen LogP contribution in [0.3, 0.4) is 0 Å². The topological polar surface area (TPSA) is 29.9 Å². The van der Waals surface area contributed by atoms with Gasteiger partial charge in [0.1, 0.15) is 5.82 Å². The van der Waals surface area contributed by atoms with Crippen LogP contribution in [0, 0.1) is 5.92 Å². The molecule has 3 heteroatoms. The fourth-order valence-electron chi connectivity index (χ4n) is 3.72. The van der Waals surface area contributed by atoms with E-state index in [0.29, 0.717) is 12.1 Å². The van der Waals surface area contributed by atoms with Crippen LogP contribution in [0.25, 0.3) is 11.0 Å². The summed E-state index contributed by atoms with van der Waals surface area (Å²) in [7, 11) is 2.12. The van der Waals surface area contributed by atoms with Crippen molar-refractivity contribution in [3.8, 4) is 0 Å². The average Bonchev–Trinajstić information content (AvgIpc) is 2.86. The predicted octanol–water partition coefficient (Wildman–Crippen LogP) is 4.19. The third-order valence-electron chi connectivity index (χ3n) is 5.12. The van der Waals surface area contributed by atoms with E-state index in [0.717, 1.165) is 17.3 Å². The van der Waals surface area contributed by atoms with Gasteiger partial charge in [-0.1, -0.05) is 25.5 Å². The number of hydrogen-bond donors (Lipinski definition) is 1. The Balaban J connectivity index is 1.70. The summed E-state index contributed by atoms with van der Waals surface area (Å²) in [5, 5.41) is 3.80. The Kier molecular flexibility index (Phi) is 4.29. The summed E-state index contributed by atoms with van der Waals surface area (Å²) < 4.78 is 2.23. The summed E-state index contributed by atoms with van der Waals surface area (Å²) in [6, 6.07) is 9.35. The lowest BCUT2D eigenvalue weighted by Gasteiger charge is -2.30. The average molecular weight is 285 g/mol. The van der Waals surface area contributed by atoms with Gasteiger partial charge in [0.05, 0.1) is 17.1 Å². The summed E-state index contributed by atoms with van der Waals surface area (Å²) in [4.78, 5) is 4.81. The molecule has 2 aromatic rings. The van der Waals surface area contributed by atoms with E-state index in [1.54, 1.807) is 0 Å². The van der Waals surface area contributed by atoms with Crippen molar-refractivity contribution in [2.45, 2.75) is 58.0 Å². The quantitative estimate of drug-likeness (QED) is 0.912. The molecule has 0 amide bonds. The molecule has 1 aliphatic rings. The Morgan fingerprint density at radius 1 is 1.24 bits per heavy atom. The number of benzene rings is 1. The number of aromatic nitrogens is 2. The van der Waals surface area contributed by atoms with Gasteiger partial charge in [-0.25, -0.2) is 4.98 Å². The van der Waals surface area contributed by atoms with Crippen LogP contribution >= 0.6 is 0 Å². The Morgan fingerprint density at radius 3 is 2.62 bits per heavy atom. The Hall–Kier alpha value is -1.35. The highest BCUT2D eigenvalue weighted by Crippen LogP contribution is 2.28. The molecule has 0 bridgehead atoms. The largest absolute Gasteiger partial charge is 0.330 e. The van der Waals surface area contributed by atoms with Crippen molar-refractivity contribution in [1.82, 2.24) is 14.9 Å². The smallest absolute Gasteiger partial charge is 0.126 e. The lowest BCUT2D eigenvalue weighted by molar-refractivity contribution is 0.270. The highest BCUT2D eigenvalue weighted by Gasteiger charge is 2.23. The van der Waals surface area contributed by atoms with Crippen molar-refractivity contribution in [3.63, 3.8) is 0 Å². The van der Waals surface area contributed by atoms with E-state index in [4.69, 9.17) is 4.98 Å². The van der Waals surface area contributed by atoms with E-state index in [1.807, 2.05) is 0 Å². The number of rotatable bonds is 4. The molecule has 1 fully saturated rings. The predicted molar refractivity (Wildman–Crippen MR) is 88.3 cm³/mol. The van der Waals surface area contributed by atoms with Crippen LogP contribution < -0.4 is 5.32 Å². The standard InChI is InChI=1S/C18H27N3/c1-4-14-9-11-15(12-10-14)19-13(2)18-20-16-7-5-6-8-17(16)21(18)3/h5-8,13-15,19H,4,9-12H2,1-3H3. The number of aryl methyl sites for hydroxylation is 1. The van der Waals surface area contributed by atoms with Gasteiger partial charge in [0, 0.05) is 13.1 Å². The van der Waals surface area contributed by atoms with Crippen molar-refractivity contribution in [2.24, 2.45) is 13.0 Å². The molecular formula is C18H27N3. The lowest BCUT2D eigenvalue weighted by Crippen LogP contribution is -2.35. The maximum atomic E-state index is 4.81. The molecule has 21 heavy (non-hydrogen) atoms. The van der Waals surface area contributed by atoms with Crippen LogP contribution in [-0.4, -0.2) is 15.6 Å². The fraction of sp³-hybridized carbons (Fsp3) is 0.611. The van der Waals surface area contributed by atoms with E-state index in [2.05, 4.69) is 55.0 Å². The lowest BCUT2D eigenvalue weighted by atomic mass is 9.84. The number of para-hydroxylation sites is 2. The maximum absolute atomic E-state index is 4.81. The SMILES string of the molecule is CCC1CCC(NC(C)c2nc3ccccc3n2C)CC1. The first-order valence-corrected chi connectivity index (χ1v) is 8.36. The summed E-state index contributed by atoms with van der Waals surface area (Å²) in [5.74, 6) is 2.10. The monoisotopic (exact) mass is 285 g/mol. The molecule has 3 nitrogen and oxygen atoms in total. The molecule has 0 aliphatic heterocycles. The minimum Gasteiger partial charge on any atom is -0.330 e. The molecule has 1 unspecified atom stereocenters. The highest BCUT2D eigenvalue weighted by molar-refractivity contribution is 5.75. The van der Waals surface area contributed by atoms with Gasteiger partial charge in [-0.15, -0.1) is 0 Å². The molecule has 1 saturated carbocycles. The Bertz CT molecular complexity index is 594. The second kappa shape index (κ2) is 6.18. The number of nitrogens with zero attached hydrogens (tertiary/aromatic N) is 2. The second-order valence-corrected chi connectivity index (χ2v) is 6.53. The Morgan fingerprint density at radius 2 is 1.95 bits per heavy atom. The fourth-order valence-corrected chi connectivity index (χ4v) is 3.72. The van der Waals surface area contributed by atoms with E-state index in [-0.39, 0.29) is 0 Å². The van der Waals surface area contributed by atoms with Crippen LogP contribution in [0.1, 0.15) is 57.8 Å². The third-order valence-corrected chi connectivity index (χ3v) is 5.12. The van der Waals surface area contributed by atoms with E-state index >= 15 is 0 Å².